The van der Waals surface area contributed by atoms with Crippen LogP contribution in [-0.2, 0) is 20.2 Å². The van der Waals surface area contributed by atoms with Gasteiger partial charge in [-0.15, -0.1) is 0 Å². The standard InChI is InChI=1S/C29H43N3O4S/c1-30(2)29(25-9-4-3-5-10-25)15-13-28(14-16-29)22-31(27(34)32(28)20-24-7-6-8-24)21-26(33)19-23-11-17-37(35,36)18-12-23/h3-5,9-10,23-24H,6-8,11-22H2,1-2H3. The summed E-state index contributed by atoms with van der Waals surface area (Å²) in [6, 6.07) is 10.8. The summed E-state index contributed by atoms with van der Waals surface area (Å²) in [5.74, 6) is 1.13. The summed E-state index contributed by atoms with van der Waals surface area (Å²) in [4.78, 5) is 33.1. The van der Waals surface area contributed by atoms with Crippen LogP contribution in [0.2, 0.25) is 0 Å². The van der Waals surface area contributed by atoms with Crippen molar-refractivity contribution in [3.05, 3.63) is 35.9 Å². The Labute approximate surface area is 222 Å². The second-order valence-electron chi connectivity index (χ2n) is 12.4. The molecule has 0 radical (unpaired) electrons. The largest absolute Gasteiger partial charge is 0.321 e. The van der Waals surface area contributed by atoms with Gasteiger partial charge in [-0.1, -0.05) is 36.8 Å². The number of nitrogens with zero attached hydrogens (tertiary/aromatic N) is 3. The number of rotatable bonds is 8. The summed E-state index contributed by atoms with van der Waals surface area (Å²) in [6.45, 7) is 1.59. The van der Waals surface area contributed by atoms with Gasteiger partial charge in [0.1, 0.15) is 9.84 Å². The van der Waals surface area contributed by atoms with Crippen LogP contribution in [0.3, 0.4) is 0 Å². The maximum atomic E-state index is 13.7. The highest BCUT2D eigenvalue weighted by Gasteiger charge is 2.55. The molecule has 4 fully saturated rings. The quantitative estimate of drug-likeness (QED) is 0.507. The van der Waals surface area contributed by atoms with Crippen LogP contribution < -0.4 is 0 Å². The Hall–Kier alpha value is -1.93. The number of amides is 2. The highest BCUT2D eigenvalue weighted by Crippen LogP contribution is 2.49. The van der Waals surface area contributed by atoms with Crippen molar-refractivity contribution < 1.29 is 18.0 Å². The third-order valence-corrected chi connectivity index (χ3v) is 11.7. The number of hydrogen-bond acceptors (Lipinski definition) is 5. The SMILES string of the molecule is CN(C)C1(c2ccccc2)CCC2(CC1)CN(CC(=O)CC1CCS(=O)(=O)CC1)C(=O)N2CC1CCC1. The highest BCUT2D eigenvalue weighted by atomic mass is 32.2. The topological polar surface area (TPSA) is 78.0 Å². The van der Waals surface area contributed by atoms with Crippen molar-refractivity contribution in [3.8, 4) is 0 Å². The Morgan fingerprint density at radius 1 is 0.973 bits per heavy atom. The van der Waals surface area contributed by atoms with Crippen LogP contribution in [-0.4, -0.2) is 85.7 Å². The fourth-order valence-electron chi connectivity index (χ4n) is 7.25. The lowest BCUT2D eigenvalue weighted by Crippen LogP contribution is -2.56. The van der Waals surface area contributed by atoms with Gasteiger partial charge in [0.15, 0.2) is 5.78 Å². The minimum Gasteiger partial charge on any atom is -0.317 e. The van der Waals surface area contributed by atoms with E-state index in [4.69, 9.17) is 0 Å². The molecule has 2 amide bonds. The molecule has 5 rings (SSSR count). The van der Waals surface area contributed by atoms with E-state index < -0.39 is 9.84 Å². The second kappa shape index (κ2) is 10.3. The number of carbonyl (C=O) groups is 2. The van der Waals surface area contributed by atoms with Crippen LogP contribution in [0.25, 0.3) is 0 Å². The van der Waals surface area contributed by atoms with Gasteiger partial charge >= 0.3 is 6.03 Å². The van der Waals surface area contributed by atoms with Crippen LogP contribution in [0.4, 0.5) is 4.79 Å². The van der Waals surface area contributed by atoms with Gasteiger partial charge < -0.3 is 9.80 Å². The van der Waals surface area contributed by atoms with E-state index in [-0.39, 0.29) is 46.9 Å². The van der Waals surface area contributed by atoms with Crippen molar-refractivity contribution >= 4 is 21.7 Å². The predicted octanol–water partition coefficient (Wildman–Crippen LogP) is 4.08. The van der Waals surface area contributed by atoms with Gasteiger partial charge in [-0.25, -0.2) is 13.2 Å². The Morgan fingerprint density at radius 3 is 2.19 bits per heavy atom. The van der Waals surface area contributed by atoms with E-state index in [1.165, 1.54) is 24.8 Å². The highest BCUT2D eigenvalue weighted by molar-refractivity contribution is 7.91. The number of ketones is 1. The van der Waals surface area contributed by atoms with Crippen LogP contribution in [0.15, 0.2) is 30.3 Å². The van der Waals surface area contributed by atoms with Crippen LogP contribution >= 0.6 is 0 Å². The van der Waals surface area contributed by atoms with E-state index in [1.54, 1.807) is 0 Å². The molecule has 2 heterocycles. The van der Waals surface area contributed by atoms with Gasteiger partial charge in [-0.05, 0) is 82.9 Å². The molecular formula is C29H43N3O4S. The van der Waals surface area contributed by atoms with E-state index in [9.17, 15) is 18.0 Å². The zero-order valence-corrected chi connectivity index (χ0v) is 23.3. The lowest BCUT2D eigenvalue weighted by Gasteiger charge is -2.51. The summed E-state index contributed by atoms with van der Waals surface area (Å²) >= 11 is 0. The molecule has 1 aromatic rings. The zero-order valence-electron chi connectivity index (χ0n) is 22.5. The summed E-state index contributed by atoms with van der Waals surface area (Å²) in [5, 5.41) is 0. The van der Waals surface area contributed by atoms with E-state index in [0.717, 1.165) is 32.2 Å². The number of Topliss-reactive ketones (excluding diaryl/α,β-unsaturated/α-hetero) is 1. The summed E-state index contributed by atoms with van der Waals surface area (Å²) < 4.78 is 23.5. The van der Waals surface area contributed by atoms with Crippen molar-refractivity contribution in [1.29, 1.82) is 0 Å². The van der Waals surface area contributed by atoms with Gasteiger partial charge in [0.25, 0.3) is 0 Å². The first-order chi connectivity index (χ1) is 17.6. The summed E-state index contributed by atoms with van der Waals surface area (Å²) in [5.41, 5.74) is 1.09. The normalized spacial score (nSPS) is 28.1. The van der Waals surface area contributed by atoms with Gasteiger partial charge in [0, 0.05) is 25.0 Å². The van der Waals surface area contributed by atoms with E-state index >= 15 is 0 Å². The monoisotopic (exact) mass is 529 g/mol. The molecular weight excluding hydrogens is 486 g/mol. The number of hydrogen-bond donors (Lipinski definition) is 0. The molecule has 2 aliphatic heterocycles. The molecule has 0 atom stereocenters. The predicted molar refractivity (Wildman–Crippen MR) is 145 cm³/mol. The Balaban J connectivity index is 1.29. The van der Waals surface area contributed by atoms with Crippen LogP contribution in [0.1, 0.15) is 69.8 Å². The molecule has 1 aromatic carbocycles. The molecule has 7 nitrogen and oxygen atoms in total. The molecule has 37 heavy (non-hydrogen) atoms. The Kier molecular flexibility index (Phi) is 7.44. The minimum atomic E-state index is -2.94. The molecule has 2 saturated carbocycles. The summed E-state index contributed by atoms with van der Waals surface area (Å²) in [6.07, 6.45) is 8.96. The average Bonchev–Trinajstić information content (AvgIpc) is 3.08. The fraction of sp³-hybridized carbons (Fsp3) is 0.724. The number of carbonyl (C=O) groups excluding carboxylic acids is 2. The maximum Gasteiger partial charge on any atom is 0.321 e. The van der Waals surface area contributed by atoms with E-state index in [2.05, 4.69) is 54.2 Å². The maximum absolute atomic E-state index is 13.7. The van der Waals surface area contributed by atoms with Crippen molar-refractivity contribution in [2.24, 2.45) is 11.8 Å². The van der Waals surface area contributed by atoms with Crippen molar-refractivity contribution in [2.45, 2.75) is 75.3 Å². The molecule has 0 aromatic heterocycles. The van der Waals surface area contributed by atoms with Crippen LogP contribution in [0, 0.1) is 11.8 Å². The third-order valence-electron chi connectivity index (χ3n) is 9.96. The first-order valence-corrected chi connectivity index (χ1v) is 16.0. The molecule has 0 unspecified atom stereocenters. The molecule has 4 aliphatic rings. The average molecular weight is 530 g/mol. The Bertz CT molecular complexity index is 1080. The second-order valence-corrected chi connectivity index (χ2v) is 14.7. The lowest BCUT2D eigenvalue weighted by molar-refractivity contribution is -0.120. The van der Waals surface area contributed by atoms with Gasteiger partial charge in [-0.3, -0.25) is 9.69 Å². The third kappa shape index (κ3) is 5.33. The molecule has 204 valence electrons. The molecule has 8 heteroatoms. The summed E-state index contributed by atoms with van der Waals surface area (Å²) in [7, 11) is 1.39. The van der Waals surface area contributed by atoms with E-state index in [0.29, 0.717) is 31.7 Å². The molecule has 2 aliphatic carbocycles. The lowest BCUT2D eigenvalue weighted by atomic mass is 9.68. The van der Waals surface area contributed by atoms with Crippen molar-refractivity contribution in [2.75, 3.05) is 45.2 Å². The number of sulfone groups is 1. The molecule has 0 bridgehead atoms. The van der Waals surface area contributed by atoms with Gasteiger partial charge in [0.05, 0.1) is 23.6 Å². The van der Waals surface area contributed by atoms with Gasteiger partial charge in [-0.2, -0.15) is 0 Å². The minimum absolute atomic E-state index is 0.0311. The number of benzene rings is 1. The Morgan fingerprint density at radius 2 is 1.62 bits per heavy atom. The van der Waals surface area contributed by atoms with Crippen molar-refractivity contribution in [3.63, 3.8) is 0 Å². The smallest absolute Gasteiger partial charge is 0.317 e. The zero-order chi connectivity index (χ0) is 26.3. The van der Waals surface area contributed by atoms with Gasteiger partial charge in [0.2, 0.25) is 0 Å². The van der Waals surface area contributed by atoms with E-state index in [1.807, 2.05) is 4.90 Å². The number of urea groups is 1. The van der Waals surface area contributed by atoms with Crippen LogP contribution in [0.5, 0.6) is 0 Å². The first-order valence-electron chi connectivity index (χ1n) is 14.1. The fourth-order valence-corrected chi connectivity index (χ4v) is 8.84. The molecule has 1 spiro atoms. The molecule has 2 saturated heterocycles. The van der Waals surface area contributed by atoms with Crippen molar-refractivity contribution in [1.82, 2.24) is 14.7 Å². The molecule has 0 N–H and O–H groups in total. The first kappa shape index (κ1) is 26.7.